The molecule has 2 fully saturated rings. The number of hydrogen-bond acceptors (Lipinski definition) is 4. The maximum atomic E-state index is 16.8. The van der Waals surface area contributed by atoms with Gasteiger partial charge in [0.25, 0.3) is 15.9 Å². The number of carbonyl (C=O) groups excluding carboxylic acids is 2. The van der Waals surface area contributed by atoms with Crippen LogP contribution >= 0.6 is 23.2 Å². The van der Waals surface area contributed by atoms with Crippen LogP contribution in [0, 0.1) is 17.6 Å². The molecule has 3 aliphatic rings. The quantitative estimate of drug-likeness (QED) is 0.353. The van der Waals surface area contributed by atoms with Gasteiger partial charge in [0.15, 0.2) is 0 Å². The predicted octanol–water partition coefficient (Wildman–Crippen LogP) is 6.39. The number of hydrogen-bond donors (Lipinski definition) is 1. The molecule has 0 aromatic heterocycles. The fourth-order valence-corrected chi connectivity index (χ4v) is 8.67. The van der Waals surface area contributed by atoms with E-state index >= 15 is 4.39 Å². The van der Waals surface area contributed by atoms with Crippen molar-refractivity contribution in [3.63, 3.8) is 0 Å². The molecule has 1 spiro atoms. The first kappa shape index (κ1) is 28.9. The molecular weight excluding hydrogens is 607 g/mol. The van der Waals surface area contributed by atoms with Gasteiger partial charge >= 0.3 is 0 Å². The molecule has 1 N–H and O–H groups in total. The average molecular weight is 635 g/mol. The molecule has 3 aromatic rings. The number of benzene rings is 3. The average Bonchev–Trinajstić information content (AvgIpc) is 3.75. The number of likely N-dealkylation sites (tertiary alicyclic amines) is 1. The summed E-state index contributed by atoms with van der Waals surface area (Å²) in [4.78, 5) is 27.1. The Bertz CT molecular complexity index is 1710. The van der Waals surface area contributed by atoms with Gasteiger partial charge in [-0.15, -0.1) is 0 Å². The highest BCUT2D eigenvalue weighted by Crippen LogP contribution is 2.60. The van der Waals surface area contributed by atoms with Gasteiger partial charge < -0.3 is 10.2 Å². The Hall–Kier alpha value is -3.21. The standard InChI is InChI=1S/C30H27Cl2F2N3O4S/c1-17(38)36-15-13-30(14-16-36)25-24(12-11-21(27(25)34)29(39)35-23-4-2-3-22(31)26(23)32)37(28(30)18-5-6-18)42(40,41)20-9-7-19(33)8-10-20/h2-4,7-12,18,28H,5-6,13-16H2,1H3,(H,35,39)/t28-/m1/s1. The van der Waals surface area contributed by atoms with Gasteiger partial charge in [0.05, 0.1) is 37.9 Å². The smallest absolute Gasteiger partial charge is 0.264 e. The molecule has 1 saturated heterocycles. The first-order valence-corrected chi connectivity index (χ1v) is 15.8. The number of fused-ring (bicyclic) bond motifs is 2. The highest BCUT2D eigenvalue weighted by Gasteiger charge is 2.61. The summed E-state index contributed by atoms with van der Waals surface area (Å²) in [6.07, 6.45) is 2.15. The number of rotatable bonds is 5. The Labute approximate surface area is 252 Å². The summed E-state index contributed by atoms with van der Waals surface area (Å²) in [6.45, 7) is 2.10. The van der Waals surface area contributed by atoms with Gasteiger partial charge in [-0.1, -0.05) is 29.3 Å². The van der Waals surface area contributed by atoms with Gasteiger partial charge in [0, 0.05) is 31.0 Å². The Morgan fingerprint density at radius 2 is 1.64 bits per heavy atom. The van der Waals surface area contributed by atoms with E-state index in [9.17, 15) is 22.4 Å². The van der Waals surface area contributed by atoms with Crippen LogP contribution < -0.4 is 9.62 Å². The van der Waals surface area contributed by atoms with Crippen LogP contribution in [0.25, 0.3) is 0 Å². The van der Waals surface area contributed by atoms with Crippen molar-refractivity contribution in [1.29, 1.82) is 0 Å². The molecule has 1 aliphatic carbocycles. The lowest BCUT2D eigenvalue weighted by molar-refractivity contribution is -0.130. The minimum Gasteiger partial charge on any atom is -0.343 e. The van der Waals surface area contributed by atoms with Crippen LogP contribution in [-0.4, -0.2) is 44.3 Å². The summed E-state index contributed by atoms with van der Waals surface area (Å²) < 4.78 is 60.2. The molecular formula is C30H27Cl2F2N3O4S. The van der Waals surface area contributed by atoms with Gasteiger partial charge in [-0.2, -0.15) is 0 Å². The van der Waals surface area contributed by atoms with Crippen molar-refractivity contribution in [1.82, 2.24) is 4.90 Å². The van der Waals surface area contributed by atoms with Crippen molar-refractivity contribution in [2.45, 2.75) is 49.0 Å². The number of anilines is 2. The second-order valence-corrected chi connectivity index (χ2v) is 13.7. The first-order chi connectivity index (χ1) is 20.0. The third-order valence-electron chi connectivity index (χ3n) is 8.66. The van der Waals surface area contributed by atoms with Crippen LogP contribution in [0.15, 0.2) is 59.5 Å². The normalized spacial score (nSPS) is 19.6. The van der Waals surface area contributed by atoms with Crippen molar-refractivity contribution in [3.8, 4) is 0 Å². The molecule has 1 atom stereocenters. The molecule has 0 unspecified atom stereocenters. The summed E-state index contributed by atoms with van der Waals surface area (Å²) in [6, 6.07) is 11.3. The van der Waals surface area contributed by atoms with E-state index in [1.807, 2.05) is 0 Å². The van der Waals surface area contributed by atoms with Crippen molar-refractivity contribution < 1.29 is 26.8 Å². The molecule has 42 heavy (non-hydrogen) atoms. The Morgan fingerprint density at radius 3 is 2.26 bits per heavy atom. The Kier molecular flexibility index (Phi) is 7.22. The predicted molar refractivity (Wildman–Crippen MR) is 157 cm³/mol. The monoisotopic (exact) mass is 633 g/mol. The summed E-state index contributed by atoms with van der Waals surface area (Å²) in [5.41, 5.74) is -0.743. The van der Waals surface area contributed by atoms with Crippen molar-refractivity contribution in [2.24, 2.45) is 5.92 Å². The number of carbonyl (C=O) groups is 2. The fraction of sp³-hybridized carbons (Fsp3) is 0.333. The number of halogens is 4. The van der Waals surface area contributed by atoms with Gasteiger partial charge in [0.2, 0.25) is 5.91 Å². The molecule has 0 radical (unpaired) electrons. The third kappa shape index (κ3) is 4.64. The topological polar surface area (TPSA) is 86.8 Å². The molecule has 12 heteroatoms. The molecule has 6 rings (SSSR count). The molecule has 220 valence electrons. The Balaban J connectivity index is 1.50. The largest absolute Gasteiger partial charge is 0.343 e. The number of piperidine rings is 1. The zero-order chi connectivity index (χ0) is 30.0. The second kappa shape index (κ2) is 10.5. The lowest BCUT2D eigenvalue weighted by Gasteiger charge is -2.45. The molecule has 1 saturated carbocycles. The minimum atomic E-state index is -4.25. The molecule has 0 bridgehead atoms. The molecule has 7 nitrogen and oxygen atoms in total. The van der Waals surface area contributed by atoms with E-state index in [1.54, 1.807) is 17.0 Å². The van der Waals surface area contributed by atoms with Crippen LogP contribution in [0.3, 0.4) is 0 Å². The number of nitrogens with one attached hydrogen (secondary N) is 1. The van der Waals surface area contributed by atoms with Gasteiger partial charge in [-0.3, -0.25) is 13.9 Å². The maximum Gasteiger partial charge on any atom is 0.264 e. The van der Waals surface area contributed by atoms with E-state index in [4.69, 9.17) is 23.2 Å². The van der Waals surface area contributed by atoms with Crippen LogP contribution in [0.5, 0.6) is 0 Å². The van der Waals surface area contributed by atoms with E-state index in [1.165, 1.54) is 41.6 Å². The third-order valence-corrected chi connectivity index (χ3v) is 11.3. The second-order valence-electron chi connectivity index (χ2n) is 11.1. The summed E-state index contributed by atoms with van der Waals surface area (Å²) >= 11 is 12.3. The van der Waals surface area contributed by atoms with Crippen LogP contribution in [0.2, 0.25) is 10.0 Å². The van der Waals surface area contributed by atoms with Crippen LogP contribution in [-0.2, 0) is 20.2 Å². The fourth-order valence-electron chi connectivity index (χ4n) is 6.53. The van der Waals surface area contributed by atoms with Crippen molar-refractivity contribution >= 4 is 56.4 Å². The summed E-state index contributed by atoms with van der Waals surface area (Å²) in [5.74, 6) is -2.32. The summed E-state index contributed by atoms with van der Waals surface area (Å²) in [5, 5.41) is 2.94. The number of amides is 2. The molecule has 2 amide bonds. The van der Waals surface area contributed by atoms with Crippen molar-refractivity contribution in [2.75, 3.05) is 22.7 Å². The van der Waals surface area contributed by atoms with E-state index in [0.29, 0.717) is 25.9 Å². The van der Waals surface area contributed by atoms with E-state index in [-0.39, 0.29) is 49.3 Å². The lowest BCUT2D eigenvalue weighted by Crippen LogP contribution is -2.54. The van der Waals surface area contributed by atoms with E-state index in [2.05, 4.69) is 5.32 Å². The number of sulfonamides is 1. The van der Waals surface area contributed by atoms with Crippen LogP contribution in [0.4, 0.5) is 20.2 Å². The van der Waals surface area contributed by atoms with Crippen molar-refractivity contribution in [3.05, 3.63) is 87.4 Å². The van der Waals surface area contributed by atoms with Gasteiger partial charge in [-0.25, -0.2) is 17.2 Å². The first-order valence-electron chi connectivity index (χ1n) is 13.6. The zero-order valence-electron chi connectivity index (χ0n) is 22.5. The SMILES string of the molecule is CC(=O)N1CCC2(CC1)c1c(ccc(C(=O)Nc3cccc(Cl)c3Cl)c1F)N(S(=O)(=O)c1ccc(F)cc1)[C@@H]2C1CC1. The van der Waals surface area contributed by atoms with E-state index < -0.39 is 39.0 Å². The summed E-state index contributed by atoms with van der Waals surface area (Å²) in [7, 11) is -4.25. The van der Waals surface area contributed by atoms with Gasteiger partial charge in [-0.05, 0) is 80.1 Å². The zero-order valence-corrected chi connectivity index (χ0v) is 24.9. The lowest BCUT2D eigenvalue weighted by atomic mass is 9.67. The highest BCUT2D eigenvalue weighted by molar-refractivity contribution is 7.92. The molecule has 2 heterocycles. The maximum absolute atomic E-state index is 16.8. The van der Waals surface area contributed by atoms with E-state index in [0.717, 1.165) is 25.0 Å². The highest BCUT2D eigenvalue weighted by atomic mass is 35.5. The minimum absolute atomic E-state index is 0.0431. The molecule has 3 aromatic carbocycles. The number of nitrogens with zero attached hydrogens (tertiary/aromatic N) is 2. The Morgan fingerprint density at radius 1 is 0.976 bits per heavy atom. The molecule has 2 aliphatic heterocycles. The van der Waals surface area contributed by atoms with Gasteiger partial charge in [0.1, 0.15) is 11.6 Å². The van der Waals surface area contributed by atoms with Crippen LogP contribution in [0.1, 0.15) is 48.5 Å².